The third kappa shape index (κ3) is 4.05. The van der Waals surface area contributed by atoms with Crippen LogP contribution in [0.25, 0.3) is 17.0 Å². The Bertz CT molecular complexity index is 1090. The molecule has 0 aliphatic rings. The zero-order valence-electron chi connectivity index (χ0n) is 14.8. The maximum Gasteiger partial charge on any atom is 0.266 e. The molecule has 2 amide bonds. The quantitative estimate of drug-likeness (QED) is 0.541. The maximum atomic E-state index is 12.5. The van der Waals surface area contributed by atoms with E-state index in [1.807, 2.05) is 49.4 Å². The van der Waals surface area contributed by atoms with Gasteiger partial charge >= 0.3 is 0 Å². The number of para-hydroxylation sites is 1. The number of hydrogen-bond donors (Lipinski definition) is 2. The zero-order valence-corrected chi connectivity index (χ0v) is 14.8. The Labute approximate surface area is 156 Å². The van der Waals surface area contributed by atoms with Crippen LogP contribution in [0, 0.1) is 18.3 Å². The van der Waals surface area contributed by atoms with E-state index in [1.54, 1.807) is 22.9 Å². The van der Waals surface area contributed by atoms with E-state index < -0.39 is 11.8 Å². The molecule has 2 aromatic carbocycles. The number of hydrogen-bond acceptors (Lipinski definition) is 3. The zero-order chi connectivity index (χ0) is 19.4. The number of primary amides is 1. The Kier molecular flexibility index (Phi) is 5.04. The molecule has 134 valence electrons. The molecule has 0 aliphatic carbocycles. The highest BCUT2D eigenvalue weighted by Crippen LogP contribution is 2.24. The highest BCUT2D eigenvalue weighted by Gasteiger charge is 2.13. The van der Waals surface area contributed by atoms with Gasteiger partial charge in [-0.05, 0) is 31.2 Å². The first-order valence-corrected chi connectivity index (χ1v) is 8.34. The van der Waals surface area contributed by atoms with E-state index in [9.17, 15) is 14.9 Å². The second kappa shape index (κ2) is 7.58. The van der Waals surface area contributed by atoms with Crippen molar-refractivity contribution < 1.29 is 9.59 Å². The van der Waals surface area contributed by atoms with E-state index in [0.29, 0.717) is 11.3 Å². The fraction of sp³-hybridized carbons (Fsp3) is 0.0952. The van der Waals surface area contributed by atoms with Crippen molar-refractivity contribution >= 4 is 34.5 Å². The van der Waals surface area contributed by atoms with Gasteiger partial charge in [-0.3, -0.25) is 9.59 Å². The summed E-state index contributed by atoms with van der Waals surface area (Å²) in [6.45, 7) is 1.97. The number of aryl methyl sites for hydroxylation is 1. The summed E-state index contributed by atoms with van der Waals surface area (Å²) in [4.78, 5) is 23.8. The molecule has 0 bridgehead atoms. The second-order valence-electron chi connectivity index (χ2n) is 6.19. The van der Waals surface area contributed by atoms with Crippen LogP contribution in [0.2, 0.25) is 0 Å². The van der Waals surface area contributed by atoms with Crippen LogP contribution in [-0.4, -0.2) is 16.4 Å². The molecular formula is C21H18N4O2. The molecule has 0 saturated heterocycles. The monoisotopic (exact) mass is 358 g/mol. The lowest BCUT2D eigenvalue weighted by Gasteiger charge is -2.04. The van der Waals surface area contributed by atoms with Crippen molar-refractivity contribution in [1.82, 2.24) is 4.57 Å². The van der Waals surface area contributed by atoms with Crippen molar-refractivity contribution in [3.63, 3.8) is 0 Å². The van der Waals surface area contributed by atoms with Crippen molar-refractivity contribution in [2.75, 3.05) is 5.32 Å². The minimum Gasteiger partial charge on any atom is -0.368 e. The molecule has 3 rings (SSSR count). The van der Waals surface area contributed by atoms with E-state index in [2.05, 4.69) is 5.32 Å². The first-order valence-electron chi connectivity index (χ1n) is 8.34. The summed E-state index contributed by atoms with van der Waals surface area (Å²) >= 11 is 0. The van der Waals surface area contributed by atoms with Gasteiger partial charge in [-0.15, -0.1) is 0 Å². The normalized spacial score (nSPS) is 11.2. The van der Waals surface area contributed by atoms with Gasteiger partial charge in [-0.1, -0.05) is 35.9 Å². The predicted octanol–water partition coefficient (Wildman–Crippen LogP) is 2.98. The molecule has 0 saturated carbocycles. The summed E-state index contributed by atoms with van der Waals surface area (Å²) in [5.41, 5.74) is 8.44. The first kappa shape index (κ1) is 18.0. The molecule has 0 aliphatic heterocycles. The summed E-state index contributed by atoms with van der Waals surface area (Å²) in [6, 6.07) is 16.7. The second-order valence-corrected chi connectivity index (χ2v) is 6.19. The Morgan fingerprint density at radius 1 is 1.19 bits per heavy atom. The van der Waals surface area contributed by atoms with Gasteiger partial charge in [0.05, 0.1) is 0 Å². The van der Waals surface area contributed by atoms with Crippen LogP contribution in [0.5, 0.6) is 0 Å². The molecule has 0 fully saturated rings. The van der Waals surface area contributed by atoms with Gasteiger partial charge in [0, 0.05) is 28.4 Å². The number of carbonyl (C=O) groups excluding carboxylic acids is 2. The van der Waals surface area contributed by atoms with Crippen LogP contribution in [0.4, 0.5) is 5.69 Å². The Morgan fingerprint density at radius 2 is 1.89 bits per heavy atom. The Morgan fingerprint density at radius 3 is 2.56 bits per heavy atom. The van der Waals surface area contributed by atoms with E-state index in [0.717, 1.165) is 16.5 Å². The number of aromatic nitrogens is 1. The standard InChI is InChI=1S/C21H18N4O2/c1-14-6-8-17(9-7-14)24-21(27)15(11-22)10-16-12-25(13-20(23)26)19-5-3-2-4-18(16)19/h2-10,12H,13H2,1H3,(H2,23,26)(H,24,27)/b15-10+. The molecule has 6 heteroatoms. The number of nitrogens with one attached hydrogen (secondary N) is 1. The van der Waals surface area contributed by atoms with Gasteiger partial charge in [-0.2, -0.15) is 5.26 Å². The van der Waals surface area contributed by atoms with Crippen LogP contribution < -0.4 is 11.1 Å². The molecule has 6 nitrogen and oxygen atoms in total. The average molecular weight is 358 g/mol. The van der Waals surface area contributed by atoms with E-state index in [1.165, 1.54) is 6.08 Å². The highest BCUT2D eigenvalue weighted by atomic mass is 16.2. The average Bonchev–Trinajstić information content (AvgIpc) is 2.98. The number of carbonyl (C=O) groups is 2. The van der Waals surface area contributed by atoms with Gasteiger partial charge in [0.25, 0.3) is 5.91 Å². The number of rotatable bonds is 5. The largest absolute Gasteiger partial charge is 0.368 e. The minimum atomic E-state index is -0.493. The molecule has 3 aromatic rings. The summed E-state index contributed by atoms with van der Waals surface area (Å²) in [5.74, 6) is -0.961. The summed E-state index contributed by atoms with van der Waals surface area (Å²) < 4.78 is 1.70. The van der Waals surface area contributed by atoms with E-state index in [-0.39, 0.29) is 12.1 Å². The van der Waals surface area contributed by atoms with Gasteiger partial charge in [0.15, 0.2) is 0 Å². The number of fused-ring (bicyclic) bond motifs is 1. The Hall–Kier alpha value is -3.85. The van der Waals surface area contributed by atoms with E-state index in [4.69, 9.17) is 5.73 Å². The third-order valence-corrected chi connectivity index (χ3v) is 4.12. The molecule has 27 heavy (non-hydrogen) atoms. The molecular weight excluding hydrogens is 340 g/mol. The maximum absolute atomic E-state index is 12.5. The summed E-state index contributed by atoms with van der Waals surface area (Å²) in [7, 11) is 0. The van der Waals surface area contributed by atoms with Crippen LogP contribution in [0.15, 0.2) is 60.3 Å². The topological polar surface area (TPSA) is 101 Å². The van der Waals surface area contributed by atoms with E-state index >= 15 is 0 Å². The van der Waals surface area contributed by atoms with Crippen molar-refractivity contribution in [3.05, 3.63) is 71.4 Å². The summed E-state index contributed by atoms with van der Waals surface area (Å²) in [6.07, 6.45) is 3.23. The molecule has 3 N–H and O–H groups in total. The molecule has 1 heterocycles. The number of anilines is 1. The third-order valence-electron chi connectivity index (χ3n) is 4.12. The number of nitriles is 1. The highest BCUT2D eigenvalue weighted by molar-refractivity contribution is 6.10. The van der Waals surface area contributed by atoms with Crippen molar-refractivity contribution in [1.29, 1.82) is 5.26 Å². The van der Waals surface area contributed by atoms with Gasteiger partial charge in [-0.25, -0.2) is 0 Å². The fourth-order valence-corrected chi connectivity index (χ4v) is 2.83. The molecule has 0 spiro atoms. The number of amides is 2. The van der Waals surface area contributed by atoms with Gasteiger partial charge < -0.3 is 15.6 Å². The number of benzene rings is 2. The minimum absolute atomic E-state index is 0.0196. The van der Waals surface area contributed by atoms with Crippen LogP contribution >= 0.6 is 0 Å². The SMILES string of the molecule is Cc1ccc(NC(=O)/C(C#N)=C/c2cn(CC(N)=O)c3ccccc23)cc1. The first-order chi connectivity index (χ1) is 13.0. The van der Waals surface area contributed by atoms with Crippen molar-refractivity contribution in [2.24, 2.45) is 5.73 Å². The van der Waals surface area contributed by atoms with Crippen molar-refractivity contribution in [3.8, 4) is 6.07 Å². The van der Waals surface area contributed by atoms with Gasteiger partial charge in [0.1, 0.15) is 18.2 Å². The molecule has 0 unspecified atom stereocenters. The van der Waals surface area contributed by atoms with Crippen LogP contribution in [0.3, 0.4) is 0 Å². The predicted molar refractivity (Wildman–Crippen MR) is 105 cm³/mol. The molecule has 0 atom stereocenters. The lowest BCUT2D eigenvalue weighted by molar-refractivity contribution is -0.118. The molecule has 1 aromatic heterocycles. The van der Waals surface area contributed by atoms with Crippen LogP contribution in [0.1, 0.15) is 11.1 Å². The van der Waals surface area contributed by atoms with Gasteiger partial charge in [0.2, 0.25) is 5.91 Å². The summed E-state index contributed by atoms with van der Waals surface area (Å²) in [5, 5.41) is 13.0. The van der Waals surface area contributed by atoms with Crippen LogP contribution in [-0.2, 0) is 16.1 Å². The molecule has 0 radical (unpaired) electrons. The Balaban J connectivity index is 1.95. The lowest BCUT2D eigenvalue weighted by Crippen LogP contribution is -2.17. The van der Waals surface area contributed by atoms with Crippen molar-refractivity contribution in [2.45, 2.75) is 13.5 Å². The number of nitrogens with two attached hydrogens (primary N) is 1. The fourth-order valence-electron chi connectivity index (χ4n) is 2.83. The smallest absolute Gasteiger partial charge is 0.266 e. The number of nitrogens with zero attached hydrogens (tertiary/aromatic N) is 2. The lowest BCUT2D eigenvalue weighted by atomic mass is 10.1.